The van der Waals surface area contributed by atoms with E-state index in [4.69, 9.17) is 0 Å². The summed E-state index contributed by atoms with van der Waals surface area (Å²) in [5, 5.41) is 10.4. The van der Waals surface area contributed by atoms with Gasteiger partial charge in [0.15, 0.2) is 0 Å². The van der Waals surface area contributed by atoms with Crippen LogP contribution in [0.5, 0.6) is 0 Å². The van der Waals surface area contributed by atoms with Crippen molar-refractivity contribution in [2.75, 3.05) is 24.2 Å². The predicted molar refractivity (Wildman–Crippen MR) is 96.7 cm³/mol. The van der Waals surface area contributed by atoms with Crippen LogP contribution in [0, 0.1) is 0 Å². The molecule has 1 aromatic carbocycles. The molecule has 0 radical (unpaired) electrons. The lowest BCUT2D eigenvalue weighted by Crippen LogP contribution is -2.38. The molecule has 2 N–H and O–H groups in total. The van der Waals surface area contributed by atoms with Gasteiger partial charge in [0.1, 0.15) is 5.82 Å². The fourth-order valence-electron chi connectivity index (χ4n) is 2.83. The molecule has 0 saturated carbocycles. The van der Waals surface area contributed by atoms with E-state index in [1.165, 1.54) is 11.8 Å². The molecule has 1 aliphatic heterocycles. The average molecular weight is 359 g/mol. The largest absolute Gasteiger partial charge is 0.355 e. The smallest absolute Gasteiger partial charge is 0.230 e. The zero-order valence-electron chi connectivity index (χ0n) is 14.3. The number of rotatable bonds is 6. The number of para-hydroxylation sites is 1. The number of H-pyrrole nitrogens is 1. The van der Waals surface area contributed by atoms with Crippen LogP contribution >= 0.6 is 11.8 Å². The van der Waals surface area contributed by atoms with Crippen molar-refractivity contribution in [1.29, 1.82) is 0 Å². The number of anilines is 1. The molecular formula is C17H21N5O2S. The first kappa shape index (κ1) is 17.5. The van der Waals surface area contributed by atoms with Gasteiger partial charge < -0.3 is 10.2 Å². The van der Waals surface area contributed by atoms with Gasteiger partial charge in [-0.05, 0) is 11.6 Å². The highest BCUT2D eigenvalue weighted by Crippen LogP contribution is 2.34. The average Bonchev–Trinajstić information content (AvgIpc) is 3.10. The van der Waals surface area contributed by atoms with Crippen molar-refractivity contribution in [3.05, 3.63) is 35.7 Å². The highest BCUT2D eigenvalue weighted by Gasteiger charge is 2.28. The summed E-state index contributed by atoms with van der Waals surface area (Å²) in [4.78, 5) is 30.2. The number of benzene rings is 1. The number of nitrogens with zero attached hydrogens (tertiary/aromatic N) is 3. The second-order valence-corrected chi connectivity index (χ2v) is 6.87. The number of thioether (sulfide) groups is 1. The van der Waals surface area contributed by atoms with Crippen LogP contribution in [0.1, 0.15) is 30.7 Å². The Balaban J connectivity index is 1.55. The first-order valence-corrected chi connectivity index (χ1v) is 9.23. The third kappa shape index (κ3) is 4.01. The molecule has 8 heteroatoms. The number of aromatic amines is 1. The third-order valence-corrected chi connectivity index (χ3v) is 5.10. The third-order valence-electron chi connectivity index (χ3n) is 4.26. The Kier molecular flexibility index (Phi) is 5.37. The Morgan fingerprint density at radius 3 is 3.00 bits per heavy atom. The van der Waals surface area contributed by atoms with Crippen molar-refractivity contribution in [2.45, 2.75) is 30.8 Å². The first-order chi connectivity index (χ1) is 12.1. The monoisotopic (exact) mass is 359 g/mol. The molecule has 0 aliphatic carbocycles. The lowest BCUT2D eigenvalue weighted by molar-refractivity contribution is -0.120. The van der Waals surface area contributed by atoms with E-state index in [1.54, 1.807) is 11.9 Å². The SMILES string of the molecule is CCc1nc(SCC(=O)NC[C@H]2CC(=O)N(C)c3ccccc32)n[nH]1. The van der Waals surface area contributed by atoms with E-state index in [2.05, 4.69) is 20.5 Å². The predicted octanol–water partition coefficient (Wildman–Crippen LogP) is 1.73. The van der Waals surface area contributed by atoms with Crippen molar-refractivity contribution in [1.82, 2.24) is 20.5 Å². The summed E-state index contributed by atoms with van der Waals surface area (Å²) in [6, 6.07) is 7.83. The quantitative estimate of drug-likeness (QED) is 0.767. The molecule has 0 unspecified atom stereocenters. The number of carbonyl (C=O) groups is 2. The molecule has 0 bridgehead atoms. The summed E-state index contributed by atoms with van der Waals surface area (Å²) in [6.07, 6.45) is 1.19. The van der Waals surface area contributed by atoms with Crippen LogP contribution in [0.3, 0.4) is 0 Å². The van der Waals surface area contributed by atoms with E-state index in [1.807, 2.05) is 31.2 Å². The number of nitrogens with one attached hydrogen (secondary N) is 2. The highest BCUT2D eigenvalue weighted by atomic mass is 32.2. The van der Waals surface area contributed by atoms with Gasteiger partial charge in [0, 0.05) is 38.0 Å². The minimum absolute atomic E-state index is 0.00375. The molecule has 0 spiro atoms. The Morgan fingerprint density at radius 1 is 1.44 bits per heavy atom. The topological polar surface area (TPSA) is 91.0 Å². The number of carbonyl (C=O) groups excluding carboxylic acids is 2. The summed E-state index contributed by atoms with van der Waals surface area (Å²) in [7, 11) is 1.79. The fourth-order valence-corrected chi connectivity index (χ4v) is 3.48. The molecule has 1 aliphatic rings. The van der Waals surface area contributed by atoms with Gasteiger partial charge in [-0.1, -0.05) is 36.9 Å². The molecule has 132 valence electrons. The molecule has 2 aromatic rings. The van der Waals surface area contributed by atoms with Gasteiger partial charge in [-0.25, -0.2) is 4.98 Å². The molecule has 3 rings (SSSR count). The number of fused-ring (bicyclic) bond motifs is 1. The van der Waals surface area contributed by atoms with Gasteiger partial charge in [0.25, 0.3) is 0 Å². The van der Waals surface area contributed by atoms with Crippen LogP contribution in [0.2, 0.25) is 0 Å². The van der Waals surface area contributed by atoms with Gasteiger partial charge in [0.2, 0.25) is 17.0 Å². The van der Waals surface area contributed by atoms with Gasteiger partial charge in [-0.15, -0.1) is 5.10 Å². The minimum Gasteiger partial charge on any atom is -0.355 e. The van der Waals surface area contributed by atoms with E-state index < -0.39 is 0 Å². The Hall–Kier alpha value is -2.35. The molecular weight excluding hydrogens is 338 g/mol. The summed E-state index contributed by atoms with van der Waals surface area (Å²) in [5.74, 6) is 1.05. The number of aromatic nitrogens is 3. The molecule has 7 nitrogen and oxygen atoms in total. The summed E-state index contributed by atoms with van der Waals surface area (Å²) < 4.78 is 0. The van der Waals surface area contributed by atoms with Gasteiger partial charge in [-0.2, -0.15) is 0 Å². The molecule has 1 aromatic heterocycles. The normalized spacial score (nSPS) is 16.6. The number of hydrogen-bond acceptors (Lipinski definition) is 5. The second kappa shape index (κ2) is 7.69. The number of amides is 2. The molecule has 2 amide bonds. The van der Waals surface area contributed by atoms with Crippen LogP contribution in [0.25, 0.3) is 0 Å². The minimum atomic E-state index is -0.0864. The number of hydrogen-bond donors (Lipinski definition) is 2. The highest BCUT2D eigenvalue weighted by molar-refractivity contribution is 7.99. The maximum atomic E-state index is 12.1. The molecule has 1 atom stereocenters. The molecule has 0 fully saturated rings. The van der Waals surface area contributed by atoms with Crippen molar-refractivity contribution in [2.24, 2.45) is 0 Å². The lowest BCUT2D eigenvalue weighted by atomic mass is 9.89. The van der Waals surface area contributed by atoms with E-state index in [0.29, 0.717) is 18.1 Å². The maximum Gasteiger partial charge on any atom is 0.230 e. The van der Waals surface area contributed by atoms with E-state index >= 15 is 0 Å². The summed E-state index contributed by atoms with van der Waals surface area (Å²) in [5.41, 5.74) is 2.01. The van der Waals surface area contributed by atoms with Crippen LogP contribution in [0.4, 0.5) is 5.69 Å². The lowest BCUT2D eigenvalue weighted by Gasteiger charge is -2.31. The standard InChI is InChI=1S/C17H21N5O2S/c1-3-14-19-17(21-20-14)25-10-15(23)18-9-11-8-16(24)22(2)13-7-5-4-6-12(11)13/h4-7,11H,3,8-10H2,1-2H3,(H,18,23)(H,19,20,21)/t11-/m1/s1. The molecule has 0 saturated heterocycles. The van der Waals surface area contributed by atoms with Crippen molar-refractivity contribution in [3.63, 3.8) is 0 Å². The summed E-state index contributed by atoms with van der Waals surface area (Å²) in [6.45, 7) is 2.44. The Labute approximate surface area is 150 Å². The summed E-state index contributed by atoms with van der Waals surface area (Å²) >= 11 is 1.30. The maximum absolute atomic E-state index is 12.1. The van der Waals surface area contributed by atoms with Crippen LogP contribution in [-0.2, 0) is 16.0 Å². The van der Waals surface area contributed by atoms with Crippen molar-refractivity contribution < 1.29 is 9.59 Å². The van der Waals surface area contributed by atoms with E-state index in [9.17, 15) is 9.59 Å². The fraction of sp³-hybridized carbons (Fsp3) is 0.412. The zero-order valence-corrected chi connectivity index (χ0v) is 15.1. The van der Waals surface area contributed by atoms with Gasteiger partial charge in [0.05, 0.1) is 5.75 Å². The molecule has 25 heavy (non-hydrogen) atoms. The van der Waals surface area contributed by atoms with E-state index in [0.717, 1.165) is 23.5 Å². The van der Waals surface area contributed by atoms with Crippen molar-refractivity contribution >= 4 is 29.3 Å². The zero-order chi connectivity index (χ0) is 17.8. The molecule has 2 heterocycles. The Bertz CT molecular complexity index is 776. The first-order valence-electron chi connectivity index (χ1n) is 8.24. The second-order valence-electron chi connectivity index (χ2n) is 5.92. The van der Waals surface area contributed by atoms with Crippen LogP contribution in [-0.4, -0.2) is 46.3 Å². The van der Waals surface area contributed by atoms with Crippen LogP contribution < -0.4 is 10.2 Å². The van der Waals surface area contributed by atoms with E-state index in [-0.39, 0.29) is 23.5 Å². The van der Waals surface area contributed by atoms with Crippen LogP contribution in [0.15, 0.2) is 29.4 Å². The van der Waals surface area contributed by atoms with Gasteiger partial charge in [-0.3, -0.25) is 14.7 Å². The van der Waals surface area contributed by atoms with Crippen molar-refractivity contribution in [3.8, 4) is 0 Å². The number of aryl methyl sites for hydroxylation is 1. The van der Waals surface area contributed by atoms with Gasteiger partial charge >= 0.3 is 0 Å². The Morgan fingerprint density at radius 2 is 2.24 bits per heavy atom.